The minimum Gasteiger partial charge on any atom is -0.107 e. The molecule has 0 saturated heterocycles. The van der Waals surface area contributed by atoms with Gasteiger partial charge in [-0.05, 0) is 41.5 Å². The molecule has 12 heavy (non-hydrogen) atoms. The van der Waals surface area contributed by atoms with Gasteiger partial charge in [0.15, 0.2) is 0 Å². The van der Waals surface area contributed by atoms with Gasteiger partial charge in [0, 0.05) is 0 Å². The molecular weight excluding hydrogens is 144 g/mol. The highest BCUT2D eigenvalue weighted by molar-refractivity contribution is 4.89. The number of allylic oxidation sites excluding steroid dienone is 4. The summed E-state index contributed by atoms with van der Waals surface area (Å²) in [6.45, 7) is 11.6. The third kappa shape index (κ3) is 140. The molecule has 0 bridgehead atoms. The van der Waals surface area contributed by atoms with Gasteiger partial charge in [-0.25, -0.2) is 0 Å². The summed E-state index contributed by atoms with van der Waals surface area (Å²) in [5, 5.41) is 0. The highest BCUT2D eigenvalue weighted by Crippen LogP contribution is 1.57. The molecule has 0 spiro atoms. The van der Waals surface area contributed by atoms with Crippen LogP contribution in [0.2, 0.25) is 0 Å². The standard InChI is InChI=1S/2C4H8.C4H6/c3*1-3-4-2/h2*3-4H,1-2H3;1-2H3. The summed E-state index contributed by atoms with van der Waals surface area (Å²) < 4.78 is 0. The Morgan fingerprint density at radius 3 is 0.750 bits per heavy atom. The van der Waals surface area contributed by atoms with Gasteiger partial charge in [-0.3, -0.25) is 0 Å². The average Bonchev–Trinajstić information content (AvgIpc) is 2.18. The van der Waals surface area contributed by atoms with E-state index < -0.39 is 0 Å². The first-order valence-corrected chi connectivity index (χ1v) is 4.23. The smallest absolute Gasteiger partial charge is 0.00271 e. The summed E-state index contributed by atoms with van der Waals surface area (Å²) in [4.78, 5) is 0. The van der Waals surface area contributed by atoms with Gasteiger partial charge >= 0.3 is 0 Å². The fraction of sp³-hybridized carbons (Fsp3) is 0.500. The molecule has 0 nitrogen and oxygen atoms in total. The fourth-order valence-corrected chi connectivity index (χ4v) is 0. The van der Waals surface area contributed by atoms with Crippen LogP contribution in [0.3, 0.4) is 0 Å². The molecule has 0 rings (SSSR count). The van der Waals surface area contributed by atoms with E-state index in [4.69, 9.17) is 0 Å². The Morgan fingerprint density at radius 1 is 0.583 bits per heavy atom. The third-order valence-corrected chi connectivity index (χ3v) is 0.917. The Bertz CT molecular complexity index is 115. The average molecular weight is 166 g/mol. The van der Waals surface area contributed by atoms with E-state index in [1.165, 1.54) is 0 Å². The van der Waals surface area contributed by atoms with Crippen LogP contribution < -0.4 is 0 Å². The van der Waals surface area contributed by atoms with Crippen molar-refractivity contribution in [1.29, 1.82) is 0 Å². The molecule has 0 heteroatoms. The van der Waals surface area contributed by atoms with E-state index in [0.29, 0.717) is 0 Å². The Labute approximate surface area is 78.4 Å². The van der Waals surface area contributed by atoms with Crippen LogP contribution in [0.4, 0.5) is 0 Å². The summed E-state index contributed by atoms with van der Waals surface area (Å²) in [6, 6.07) is 0. The number of hydrogen-bond acceptors (Lipinski definition) is 0. The topological polar surface area (TPSA) is 0 Å². The van der Waals surface area contributed by atoms with Gasteiger partial charge in [-0.1, -0.05) is 24.3 Å². The molecule has 0 fully saturated rings. The van der Waals surface area contributed by atoms with Gasteiger partial charge in [-0.2, -0.15) is 0 Å². The summed E-state index contributed by atoms with van der Waals surface area (Å²) in [5.41, 5.74) is 0. The van der Waals surface area contributed by atoms with Gasteiger partial charge in [0.05, 0.1) is 0 Å². The van der Waals surface area contributed by atoms with Crippen molar-refractivity contribution in [2.45, 2.75) is 41.5 Å². The van der Waals surface area contributed by atoms with Crippen molar-refractivity contribution in [2.24, 2.45) is 0 Å². The Kier molecular flexibility index (Phi) is 46.3. The van der Waals surface area contributed by atoms with Crippen LogP contribution in [0.5, 0.6) is 0 Å². The zero-order valence-electron chi connectivity index (χ0n) is 9.31. The quantitative estimate of drug-likeness (QED) is 0.374. The van der Waals surface area contributed by atoms with Gasteiger partial charge in [0.1, 0.15) is 0 Å². The van der Waals surface area contributed by atoms with E-state index in [0.717, 1.165) is 0 Å². The largest absolute Gasteiger partial charge is 0.107 e. The van der Waals surface area contributed by atoms with Gasteiger partial charge in [0.25, 0.3) is 0 Å². The SMILES string of the molecule is CC#CC.CC=CC.CC=CC. The van der Waals surface area contributed by atoms with E-state index >= 15 is 0 Å². The molecule has 0 radical (unpaired) electrons. The highest BCUT2D eigenvalue weighted by Gasteiger charge is 1.34. The van der Waals surface area contributed by atoms with E-state index in [2.05, 4.69) is 11.8 Å². The maximum absolute atomic E-state index is 2.68. The first kappa shape index (κ1) is 17.2. The van der Waals surface area contributed by atoms with Crippen molar-refractivity contribution < 1.29 is 0 Å². The molecule has 0 aliphatic rings. The normalized spacial score (nSPS) is 7.50. The van der Waals surface area contributed by atoms with Crippen molar-refractivity contribution in [2.75, 3.05) is 0 Å². The molecule has 0 saturated carbocycles. The second-order valence-corrected chi connectivity index (χ2v) is 1.83. The molecule has 0 atom stereocenters. The Morgan fingerprint density at radius 2 is 0.750 bits per heavy atom. The lowest BCUT2D eigenvalue weighted by atomic mass is 10.6. The molecule has 0 amide bonds. The third-order valence-electron chi connectivity index (χ3n) is 0.917. The fourth-order valence-electron chi connectivity index (χ4n) is 0. The minimum atomic E-state index is 1.82. The molecule has 0 unspecified atom stereocenters. The van der Waals surface area contributed by atoms with Crippen molar-refractivity contribution in [3.63, 3.8) is 0 Å². The van der Waals surface area contributed by atoms with Crippen LogP contribution in [-0.4, -0.2) is 0 Å². The predicted octanol–water partition coefficient (Wildman–Crippen LogP) is 4.19. The molecule has 0 aromatic rings. The summed E-state index contributed by atoms with van der Waals surface area (Å²) >= 11 is 0. The zero-order chi connectivity index (χ0) is 10.2. The molecule has 0 aliphatic heterocycles. The van der Waals surface area contributed by atoms with Crippen molar-refractivity contribution in [3.05, 3.63) is 24.3 Å². The van der Waals surface area contributed by atoms with E-state index in [1.54, 1.807) is 0 Å². The maximum atomic E-state index is 2.68. The predicted molar refractivity (Wildman–Crippen MR) is 60.1 cm³/mol. The van der Waals surface area contributed by atoms with Crippen LogP contribution in [0, 0.1) is 11.8 Å². The second-order valence-electron chi connectivity index (χ2n) is 1.83. The first-order chi connectivity index (χ1) is 5.74. The van der Waals surface area contributed by atoms with Crippen LogP contribution in [0.1, 0.15) is 41.5 Å². The summed E-state index contributed by atoms with van der Waals surface area (Å²) in [6.07, 6.45) is 8.00. The molecule has 0 aromatic heterocycles. The van der Waals surface area contributed by atoms with Gasteiger partial charge < -0.3 is 0 Å². The number of rotatable bonds is 0. The van der Waals surface area contributed by atoms with Crippen LogP contribution in [-0.2, 0) is 0 Å². The lowest BCUT2D eigenvalue weighted by molar-refractivity contribution is 1.64. The number of hydrogen-bond donors (Lipinski definition) is 0. The lowest BCUT2D eigenvalue weighted by Crippen LogP contribution is -1.28. The second kappa shape index (κ2) is 32.3. The summed E-state index contributed by atoms with van der Waals surface area (Å²) in [7, 11) is 0. The Hall–Kier alpha value is -0.960. The minimum absolute atomic E-state index is 1.82. The van der Waals surface area contributed by atoms with Crippen LogP contribution in [0.15, 0.2) is 24.3 Å². The van der Waals surface area contributed by atoms with E-state index in [9.17, 15) is 0 Å². The molecule has 0 aliphatic carbocycles. The van der Waals surface area contributed by atoms with Crippen LogP contribution >= 0.6 is 0 Å². The zero-order valence-corrected chi connectivity index (χ0v) is 9.31. The monoisotopic (exact) mass is 166 g/mol. The molecule has 0 aromatic carbocycles. The van der Waals surface area contributed by atoms with Crippen molar-refractivity contribution >= 4 is 0 Å². The Balaban J connectivity index is -0.000000101. The van der Waals surface area contributed by atoms with Crippen molar-refractivity contribution in [1.82, 2.24) is 0 Å². The summed E-state index contributed by atoms with van der Waals surface area (Å²) in [5.74, 6) is 5.36. The lowest BCUT2D eigenvalue weighted by Gasteiger charge is -1.49. The molecule has 0 heterocycles. The highest BCUT2D eigenvalue weighted by atomic mass is 13.4. The maximum Gasteiger partial charge on any atom is -0.00271 e. The van der Waals surface area contributed by atoms with Gasteiger partial charge in [0.2, 0.25) is 0 Å². The van der Waals surface area contributed by atoms with Crippen LogP contribution in [0.25, 0.3) is 0 Å². The molecule has 0 N–H and O–H groups in total. The van der Waals surface area contributed by atoms with E-state index in [1.807, 2.05) is 65.8 Å². The van der Waals surface area contributed by atoms with Crippen molar-refractivity contribution in [3.8, 4) is 11.8 Å². The molecule has 70 valence electrons. The van der Waals surface area contributed by atoms with Gasteiger partial charge in [-0.15, -0.1) is 11.8 Å². The molecular formula is C12H22. The first-order valence-electron chi connectivity index (χ1n) is 4.23. The van der Waals surface area contributed by atoms with E-state index in [-0.39, 0.29) is 0 Å².